The molecular formula is C21H34FN2O+. The molecule has 0 unspecified atom stereocenters. The molecule has 25 heavy (non-hydrogen) atoms. The second-order valence-electron chi connectivity index (χ2n) is 6.50. The largest absolute Gasteiger partial charge is 0.485 e. The molecule has 0 bridgehead atoms. The van der Waals surface area contributed by atoms with Crippen LogP contribution in [0.2, 0.25) is 0 Å². The first-order valence-electron chi connectivity index (χ1n) is 9.21. The molecule has 140 valence electrons. The van der Waals surface area contributed by atoms with E-state index < -0.39 is 0 Å². The number of hydrogen-bond donors (Lipinski definition) is 0. The van der Waals surface area contributed by atoms with Crippen molar-refractivity contribution in [3.63, 3.8) is 0 Å². The van der Waals surface area contributed by atoms with Crippen LogP contribution in [0.5, 0.6) is 5.75 Å². The fourth-order valence-electron chi connectivity index (χ4n) is 2.93. The van der Waals surface area contributed by atoms with Crippen LogP contribution in [0.4, 0.5) is 4.39 Å². The maximum absolute atomic E-state index is 13.9. The maximum atomic E-state index is 13.9. The molecule has 0 saturated heterocycles. The molecule has 0 atom stereocenters. The molecule has 0 aliphatic heterocycles. The molecular weight excluding hydrogens is 315 g/mol. The van der Waals surface area contributed by atoms with Crippen LogP contribution in [-0.2, 0) is 0 Å². The van der Waals surface area contributed by atoms with Crippen LogP contribution >= 0.6 is 0 Å². The van der Waals surface area contributed by atoms with Gasteiger partial charge in [0, 0.05) is 6.54 Å². The van der Waals surface area contributed by atoms with Crippen LogP contribution < -0.4 is 4.74 Å². The zero-order valence-electron chi connectivity index (χ0n) is 16.1. The van der Waals surface area contributed by atoms with E-state index in [2.05, 4.69) is 31.9 Å². The first-order chi connectivity index (χ1) is 12.0. The quantitative estimate of drug-likeness (QED) is 0.387. The number of aryl methyl sites for hydroxylation is 1. The van der Waals surface area contributed by atoms with Crippen molar-refractivity contribution in [3.8, 4) is 5.75 Å². The molecule has 1 aromatic carbocycles. The number of likely N-dealkylation sites (N-methyl/N-ethyl adjacent to an activating group) is 1. The molecule has 0 N–H and O–H groups in total. The Morgan fingerprint density at radius 1 is 1.16 bits per heavy atom. The van der Waals surface area contributed by atoms with Gasteiger partial charge < -0.3 is 14.1 Å². The number of nitrogens with zero attached hydrogens (tertiary/aromatic N) is 2. The van der Waals surface area contributed by atoms with E-state index in [1.165, 1.54) is 6.07 Å². The summed E-state index contributed by atoms with van der Waals surface area (Å²) in [6.45, 7) is 20.3. The molecule has 0 heterocycles. The highest BCUT2D eigenvalue weighted by Crippen LogP contribution is 2.18. The Bertz CT molecular complexity index is 541. The molecule has 0 radical (unpaired) electrons. The number of hydrogen-bond acceptors (Lipinski definition) is 2. The summed E-state index contributed by atoms with van der Waals surface area (Å²) < 4.78 is 20.6. The molecule has 0 spiro atoms. The molecule has 1 aromatic rings. The van der Waals surface area contributed by atoms with Crippen molar-refractivity contribution in [2.75, 3.05) is 45.9 Å². The van der Waals surface area contributed by atoms with E-state index in [0.29, 0.717) is 12.4 Å². The highest BCUT2D eigenvalue weighted by molar-refractivity contribution is 5.28. The third-order valence-electron chi connectivity index (χ3n) is 4.99. The lowest BCUT2D eigenvalue weighted by Gasteiger charge is -2.38. The van der Waals surface area contributed by atoms with Crippen LogP contribution in [0.15, 0.2) is 43.6 Å². The second-order valence-corrected chi connectivity index (χ2v) is 6.50. The van der Waals surface area contributed by atoms with Crippen molar-refractivity contribution in [1.29, 1.82) is 0 Å². The van der Waals surface area contributed by atoms with Crippen molar-refractivity contribution in [3.05, 3.63) is 55.0 Å². The van der Waals surface area contributed by atoms with Crippen molar-refractivity contribution in [2.45, 2.75) is 27.2 Å². The average Bonchev–Trinajstić information content (AvgIpc) is 2.62. The monoisotopic (exact) mass is 349 g/mol. The lowest BCUT2D eigenvalue weighted by atomic mass is 10.2. The molecule has 3 nitrogen and oxygen atoms in total. The SMILES string of the molecule is C=CCCN(C=C)CC[N+](CC)(CC)CCOc1ccc(C)cc1F. The fourth-order valence-corrected chi connectivity index (χ4v) is 2.93. The summed E-state index contributed by atoms with van der Waals surface area (Å²) >= 11 is 0. The molecule has 1 rings (SSSR count). The van der Waals surface area contributed by atoms with Gasteiger partial charge in [0.25, 0.3) is 0 Å². The van der Waals surface area contributed by atoms with Crippen molar-refractivity contribution < 1.29 is 13.6 Å². The third kappa shape index (κ3) is 6.91. The minimum absolute atomic E-state index is 0.284. The standard InChI is InChI=1S/C21H34FN2O/c1-6-10-13-23(7-2)14-15-24(8-3,9-4)16-17-25-21-12-11-19(5)18-20(21)22/h6-7,11-12,18H,1-2,8-10,13-17H2,3-5H3/q+1. The highest BCUT2D eigenvalue weighted by Gasteiger charge is 2.24. The summed E-state index contributed by atoms with van der Waals surface area (Å²) in [6.07, 6.45) is 4.80. The van der Waals surface area contributed by atoms with E-state index in [-0.39, 0.29) is 5.82 Å². The zero-order valence-corrected chi connectivity index (χ0v) is 16.1. The lowest BCUT2D eigenvalue weighted by Crippen LogP contribution is -2.53. The van der Waals surface area contributed by atoms with E-state index in [9.17, 15) is 4.39 Å². The predicted octanol–water partition coefficient (Wildman–Crippen LogP) is 4.39. The van der Waals surface area contributed by atoms with Gasteiger partial charge in [-0.15, -0.1) is 6.58 Å². The normalized spacial score (nSPS) is 11.2. The highest BCUT2D eigenvalue weighted by atomic mass is 19.1. The van der Waals surface area contributed by atoms with Gasteiger partial charge >= 0.3 is 0 Å². The Hall–Kier alpha value is -1.81. The number of ether oxygens (including phenoxy) is 1. The summed E-state index contributed by atoms with van der Waals surface area (Å²) in [5.41, 5.74) is 0.904. The predicted molar refractivity (Wildman–Crippen MR) is 104 cm³/mol. The zero-order chi connectivity index (χ0) is 18.7. The van der Waals surface area contributed by atoms with Crippen molar-refractivity contribution in [1.82, 2.24) is 4.90 Å². The van der Waals surface area contributed by atoms with Gasteiger partial charge in [-0.2, -0.15) is 0 Å². The first kappa shape index (κ1) is 21.2. The summed E-state index contributed by atoms with van der Waals surface area (Å²) in [5, 5.41) is 0. The lowest BCUT2D eigenvalue weighted by molar-refractivity contribution is -0.924. The van der Waals surface area contributed by atoms with Crippen LogP contribution in [0, 0.1) is 12.7 Å². The van der Waals surface area contributed by atoms with Gasteiger partial charge in [0.05, 0.1) is 26.2 Å². The van der Waals surface area contributed by atoms with E-state index in [1.54, 1.807) is 6.07 Å². The van der Waals surface area contributed by atoms with Crippen LogP contribution in [0.25, 0.3) is 0 Å². The van der Waals surface area contributed by atoms with Gasteiger partial charge in [0.1, 0.15) is 13.2 Å². The topological polar surface area (TPSA) is 12.5 Å². The van der Waals surface area contributed by atoms with Gasteiger partial charge in [0.15, 0.2) is 11.6 Å². The third-order valence-corrected chi connectivity index (χ3v) is 4.99. The van der Waals surface area contributed by atoms with E-state index in [0.717, 1.165) is 55.7 Å². The Kier molecular flexibility index (Phi) is 9.28. The molecule has 0 fully saturated rings. The number of quaternary nitrogens is 1. The summed E-state index contributed by atoms with van der Waals surface area (Å²) in [5.74, 6) is 0.0583. The van der Waals surface area contributed by atoms with Gasteiger partial charge in [-0.3, -0.25) is 0 Å². The Morgan fingerprint density at radius 3 is 2.44 bits per heavy atom. The van der Waals surface area contributed by atoms with Gasteiger partial charge in [-0.05, 0) is 51.1 Å². The fraction of sp³-hybridized carbons (Fsp3) is 0.524. The van der Waals surface area contributed by atoms with Crippen LogP contribution in [-0.4, -0.2) is 55.3 Å². The Morgan fingerprint density at radius 2 is 1.88 bits per heavy atom. The minimum Gasteiger partial charge on any atom is -0.485 e. The van der Waals surface area contributed by atoms with Gasteiger partial charge in [0.2, 0.25) is 0 Å². The Balaban J connectivity index is 2.58. The number of halogens is 1. The molecule has 0 aromatic heterocycles. The molecule has 0 saturated carbocycles. The van der Waals surface area contributed by atoms with Crippen LogP contribution in [0.3, 0.4) is 0 Å². The molecule has 0 amide bonds. The second kappa shape index (κ2) is 10.9. The summed E-state index contributed by atoms with van der Waals surface area (Å²) in [6, 6.07) is 5.10. The van der Waals surface area contributed by atoms with Crippen LogP contribution in [0.1, 0.15) is 25.8 Å². The van der Waals surface area contributed by atoms with Gasteiger partial charge in [-0.1, -0.05) is 18.7 Å². The van der Waals surface area contributed by atoms with Gasteiger partial charge in [-0.25, -0.2) is 4.39 Å². The molecule has 0 aliphatic carbocycles. The number of benzene rings is 1. The average molecular weight is 350 g/mol. The summed E-state index contributed by atoms with van der Waals surface area (Å²) in [7, 11) is 0. The van der Waals surface area contributed by atoms with E-state index >= 15 is 0 Å². The smallest absolute Gasteiger partial charge is 0.165 e. The summed E-state index contributed by atoms with van der Waals surface area (Å²) in [4.78, 5) is 2.24. The first-order valence-corrected chi connectivity index (χ1v) is 9.21. The number of rotatable bonds is 13. The Labute approximate surface area is 153 Å². The molecule has 0 aliphatic rings. The van der Waals surface area contributed by atoms with Crippen molar-refractivity contribution in [2.24, 2.45) is 0 Å². The maximum Gasteiger partial charge on any atom is 0.165 e. The minimum atomic E-state index is -0.284. The van der Waals surface area contributed by atoms with E-state index in [4.69, 9.17) is 4.74 Å². The molecule has 4 heteroatoms. The van der Waals surface area contributed by atoms with E-state index in [1.807, 2.05) is 25.3 Å². The van der Waals surface area contributed by atoms with Crippen molar-refractivity contribution >= 4 is 0 Å².